The van der Waals surface area contributed by atoms with E-state index in [1.807, 2.05) is 6.07 Å². The van der Waals surface area contributed by atoms with Crippen molar-refractivity contribution < 1.29 is 4.79 Å². The fourth-order valence-electron chi connectivity index (χ4n) is 2.04. The molecule has 1 aliphatic heterocycles. The molecule has 1 amide bonds. The summed E-state index contributed by atoms with van der Waals surface area (Å²) >= 11 is 1.47. The maximum absolute atomic E-state index is 11.9. The van der Waals surface area contributed by atoms with E-state index < -0.39 is 0 Å². The largest absolute Gasteiger partial charge is 0.397 e. The number of carbonyl (C=O) groups excluding carboxylic acids is 1. The highest BCUT2D eigenvalue weighted by atomic mass is 32.1. The van der Waals surface area contributed by atoms with E-state index in [-0.39, 0.29) is 5.91 Å². The summed E-state index contributed by atoms with van der Waals surface area (Å²) in [6.45, 7) is 1.88. The molecule has 6 heteroatoms. The normalized spacial score (nSPS) is 16.9. The molecule has 4 N–H and O–H groups in total. The van der Waals surface area contributed by atoms with Crippen molar-refractivity contribution in [2.45, 2.75) is 18.9 Å². The lowest BCUT2D eigenvalue weighted by molar-refractivity contribution is 0.0833. The van der Waals surface area contributed by atoms with Crippen molar-refractivity contribution in [2.75, 3.05) is 37.8 Å². The van der Waals surface area contributed by atoms with E-state index in [9.17, 15) is 4.79 Å². The Morgan fingerprint density at radius 3 is 2.61 bits per heavy atom. The number of rotatable bonds is 2. The lowest BCUT2D eigenvalue weighted by atomic mass is 10.1. The second kappa shape index (κ2) is 5.16. The molecule has 1 aromatic rings. The van der Waals surface area contributed by atoms with Crippen molar-refractivity contribution in [2.24, 2.45) is 5.73 Å². The molecule has 1 aromatic heterocycles. The molecule has 2 heterocycles. The predicted molar refractivity (Wildman–Crippen MR) is 76.2 cm³/mol. The van der Waals surface area contributed by atoms with Gasteiger partial charge in [-0.25, -0.2) is 0 Å². The fourth-order valence-corrected chi connectivity index (χ4v) is 3.19. The molecule has 0 spiro atoms. The van der Waals surface area contributed by atoms with Crippen LogP contribution in [0.1, 0.15) is 22.5 Å². The Hall–Kier alpha value is -1.27. The maximum Gasteiger partial charge on any atom is 0.265 e. The lowest BCUT2D eigenvalue weighted by Crippen LogP contribution is -2.39. The molecule has 0 aliphatic carbocycles. The van der Waals surface area contributed by atoms with Gasteiger partial charge in [0, 0.05) is 33.2 Å². The van der Waals surface area contributed by atoms with Crippen molar-refractivity contribution in [3.8, 4) is 0 Å². The molecule has 0 radical (unpaired) electrons. The summed E-state index contributed by atoms with van der Waals surface area (Å²) in [4.78, 5) is 16.4. The molecule has 0 atom stereocenters. The smallest absolute Gasteiger partial charge is 0.265 e. The zero-order chi connectivity index (χ0) is 13.3. The Bertz CT molecular complexity index is 435. The number of hydrogen-bond acceptors (Lipinski definition) is 5. The Balaban J connectivity index is 2.16. The quantitative estimate of drug-likeness (QED) is 0.837. The zero-order valence-electron chi connectivity index (χ0n) is 10.8. The summed E-state index contributed by atoms with van der Waals surface area (Å²) in [7, 11) is 3.47. The first-order chi connectivity index (χ1) is 8.49. The fraction of sp³-hybridized carbons (Fsp3) is 0.583. The van der Waals surface area contributed by atoms with E-state index in [0.717, 1.165) is 30.9 Å². The zero-order valence-corrected chi connectivity index (χ0v) is 11.7. The Kier molecular flexibility index (Phi) is 3.77. The summed E-state index contributed by atoms with van der Waals surface area (Å²) in [5, 5.41) is 1.07. The third-order valence-electron chi connectivity index (χ3n) is 3.20. The molecule has 1 fully saturated rings. The van der Waals surface area contributed by atoms with Gasteiger partial charge in [0.2, 0.25) is 0 Å². The van der Waals surface area contributed by atoms with E-state index in [2.05, 4.69) is 4.90 Å². The molecule has 0 unspecified atom stereocenters. The first-order valence-corrected chi connectivity index (χ1v) is 6.92. The summed E-state index contributed by atoms with van der Waals surface area (Å²) in [5.41, 5.74) is 12.4. The van der Waals surface area contributed by atoms with Crippen LogP contribution in [0.25, 0.3) is 0 Å². The Morgan fingerprint density at radius 1 is 1.44 bits per heavy atom. The molecule has 2 rings (SSSR count). The topological polar surface area (TPSA) is 75.6 Å². The van der Waals surface area contributed by atoms with Crippen LogP contribution in [-0.2, 0) is 0 Å². The molecule has 0 bridgehead atoms. The number of hydrogen-bond donors (Lipinski definition) is 2. The molecule has 18 heavy (non-hydrogen) atoms. The monoisotopic (exact) mass is 268 g/mol. The molecule has 1 aliphatic rings. The minimum Gasteiger partial charge on any atom is -0.397 e. The van der Waals surface area contributed by atoms with Crippen LogP contribution in [0.3, 0.4) is 0 Å². The number of thiophene rings is 1. The van der Waals surface area contributed by atoms with Gasteiger partial charge in [-0.2, -0.15) is 0 Å². The van der Waals surface area contributed by atoms with Crippen molar-refractivity contribution >= 4 is 27.9 Å². The summed E-state index contributed by atoms with van der Waals surface area (Å²) in [6, 6.07) is 2.21. The second-order valence-corrected chi connectivity index (χ2v) is 5.92. The third-order valence-corrected chi connectivity index (χ3v) is 4.40. The minimum atomic E-state index is -0.0301. The number of amides is 1. The van der Waals surface area contributed by atoms with Crippen molar-refractivity contribution in [1.29, 1.82) is 0 Å². The van der Waals surface area contributed by atoms with E-state index >= 15 is 0 Å². The Morgan fingerprint density at radius 2 is 2.06 bits per heavy atom. The van der Waals surface area contributed by atoms with E-state index in [1.165, 1.54) is 11.3 Å². The standard InChI is InChI=1S/C12H20N4OS/c1-15(2)12(17)11-9(14)7-10(18-11)16-5-3-8(13)4-6-16/h7-8H,3-6,13-14H2,1-2H3. The van der Waals surface area contributed by atoms with Gasteiger partial charge in [-0.05, 0) is 18.9 Å². The predicted octanol–water partition coefficient (Wildman–Crippen LogP) is 0.960. The lowest BCUT2D eigenvalue weighted by Gasteiger charge is -2.30. The van der Waals surface area contributed by atoms with Crippen molar-refractivity contribution in [1.82, 2.24) is 4.90 Å². The number of anilines is 2. The number of nitrogens with zero attached hydrogens (tertiary/aromatic N) is 2. The average molecular weight is 268 g/mol. The highest BCUT2D eigenvalue weighted by Crippen LogP contribution is 2.34. The average Bonchev–Trinajstić information content (AvgIpc) is 2.71. The van der Waals surface area contributed by atoms with E-state index in [1.54, 1.807) is 19.0 Å². The van der Waals surface area contributed by atoms with Gasteiger partial charge >= 0.3 is 0 Å². The van der Waals surface area contributed by atoms with Crippen LogP contribution in [-0.4, -0.2) is 44.0 Å². The van der Waals surface area contributed by atoms with Crippen molar-refractivity contribution in [3.63, 3.8) is 0 Å². The first kappa shape index (κ1) is 13.2. The molecule has 100 valence electrons. The van der Waals surface area contributed by atoms with Gasteiger partial charge in [0.05, 0.1) is 10.7 Å². The van der Waals surface area contributed by atoms with Gasteiger partial charge in [0.25, 0.3) is 5.91 Å². The van der Waals surface area contributed by atoms with Gasteiger partial charge in [-0.3, -0.25) is 4.79 Å². The number of nitrogen functional groups attached to an aromatic ring is 1. The molecule has 0 aromatic carbocycles. The van der Waals surface area contributed by atoms with Gasteiger partial charge in [-0.15, -0.1) is 11.3 Å². The SMILES string of the molecule is CN(C)C(=O)c1sc(N2CCC(N)CC2)cc1N. The number of nitrogens with two attached hydrogens (primary N) is 2. The van der Waals surface area contributed by atoms with Crippen LogP contribution < -0.4 is 16.4 Å². The summed E-state index contributed by atoms with van der Waals surface area (Å²) in [5.74, 6) is -0.0301. The van der Waals surface area contributed by atoms with Crippen LogP contribution in [0.15, 0.2) is 6.07 Å². The van der Waals surface area contributed by atoms with E-state index in [4.69, 9.17) is 11.5 Å². The van der Waals surface area contributed by atoms with E-state index in [0.29, 0.717) is 16.6 Å². The minimum absolute atomic E-state index is 0.0301. The van der Waals surface area contributed by atoms with Crippen molar-refractivity contribution in [3.05, 3.63) is 10.9 Å². The van der Waals surface area contributed by atoms with Crippen LogP contribution in [0.2, 0.25) is 0 Å². The van der Waals surface area contributed by atoms with Crippen LogP contribution in [0.4, 0.5) is 10.7 Å². The molecule has 0 saturated carbocycles. The number of carbonyl (C=O) groups is 1. The highest BCUT2D eigenvalue weighted by molar-refractivity contribution is 7.18. The summed E-state index contributed by atoms with van der Waals surface area (Å²) < 4.78 is 0. The van der Waals surface area contributed by atoms with Gasteiger partial charge in [0.15, 0.2) is 0 Å². The van der Waals surface area contributed by atoms with Gasteiger partial charge in [0.1, 0.15) is 4.88 Å². The second-order valence-electron chi connectivity index (χ2n) is 4.89. The van der Waals surface area contributed by atoms with Crippen LogP contribution >= 0.6 is 11.3 Å². The molecular formula is C12H20N4OS. The number of piperidine rings is 1. The van der Waals surface area contributed by atoms with Crippen LogP contribution in [0, 0.1) is 0 Å². The third kappa shape index (κ3) is 2.59. The Labute approximate surface area is 111 Å². The highest BCUT2D eigenvalue weighted by Gasteiger charge is 2.21. The van der Waals surface area contributed by atoms with Gasteiger partial charge in [-0.1, -0.05) is 0 Å². The molecule has 5 nitrogen and oxygen atoms in total. The summed E-state index contributed by atoms with van der Waals surface area (Å²) in [6.07, 6.45) is 1.99. The van der Waals surface area contributed by atoms with Crippen LogP contribution in [0.5, 0.6) is 0 Å². The maximum atomic E-state index is 11.9. The van der Waals surface area contributed by atoms with Gasteiger partial charge < -0.3 is 21.3 Å². The molecule has 1 saturated heterocycles. The first-order valence-electron chi connectivity index (χ1n) is 6.10. The molecular weight excluding hydrogens is 248 g/mol.